The Morgan fingerprint density at radius 1 is 1.06 bits per heavy atom. The van der Waals surface area contributed by atoms with Crippen LogP contribution < -0.4 is 9.47 Å². The van der Waals surface area contributed by atoms with Crippen molar-refractivity contribution in [3.05, 3.63) is 94.7 Å². The van der Waals surface area contributed by atoms with Crippen LogP contribution in [0.4, 0.5) is 0 Å². The fourth-order valence-corrected chi connectivity index (χ4v) is 4.82. The van der Waals surface area contributed by atoms with Crippen LogP contribution in [-0.2, 0) is 6.42 Å². The van der Waals surface area contributed by atoms with Crippen molar-refractivity contribution in [1.29, 1.82) is 0 Å². The van der Waals surface area contributed by atoms with Gasteiger partial charge in [0.05, 0.1) is 14.2 Å². The molecule has 0 saturated heterocycles. The van der Waals surface area contributed by atoms with Gasteiger partial charge < -0.3 is 19.4 Å². The number of rotatable bonds is 4. The van der Waals surface area contributed by atoms with E-state index in [1.807, 2.05) is 53.4 Å². The number of ether oxygens (including phenoxy) is 2. The monoisotopic (exact) mass is 436 g/mol. The van der Waals surface area contributed by atoms with Crippen molar-refractivity contribution >= 4 is 16.8 Å². The van der Waals surface area contributed by atoms with Gasteiger partial charge in [0.2, 0.25) is 0 Å². The lowest BCUT2D eigenvalue weighted by atomic mass is 9.91. The van der Waals surface area contributed by atoms with Gasteiger partial charge in [-0.15, -0.1) is 6.42 Å². The summed E-state index contributed by atoms with van der Waals surface area (Å²) < 4.78 is 11.3. The van der Waals surface area contributed by atoms with Gasteiger partial charge in [0.1, 0.15) is 6.04 Å². The maximum atomic E-state index is 13.8. The van der Waals surface area contributed by atoms with Crippen molar-refractivity contribution < 1.29 is 14.3 Å². The summed E-state index contributed by atoms with van der Waals surface area (Å²) in [6.07, 6.45) is 6.33. The lowest BCUT2D eigenvalue weighted by Gasteiger charge is -2.37. The van der Waals surface area contributed by atoms with E-state index in [1.54, 1.807) is 20.3 Å². The third kappa shape index (κ3) is 3.41. The van der Waals surface area contributed by atoms with Crippen molar-refractivity contribution in [2.45, 2.75) is 12.5 Å². The lowest BCUT2D eigenvalue weighted by Crippen LogP contribution is -2.40. The number of aromatic amines is 1. The number of hydrogen-bond donors (Lipinski definition) is 1. The van der Waals surface area contributed by atoms with Crippen molar-refractivity contribution in [3.63, 3.8) is 0 Å². The number of fused-ring (bicyclic) bond motifs is 3. The molecular weight excluding hydrogens is 412 g/mol. The lowest BCUT2D eigenvalue weighted by molar-refractivity contribution is 0.0689. The minimum Gasteiger partial charge on any atom is -0.493 e. The molecule has 1 aliphatic rings. The van der Waals surface area contributed by atoms with Gasteiger partial charge in [0.15, 0.2) is 11.5 Å². The van der Waals surface area contributed by atoms with Crippen LogP contribution in [0.1, 0.15) is 38.8 Å². The minimum absolute atomic E-state index is 0.0775. The average molecular weight is 437 g/mol. The first kappa shape index (κ1) is 20.7. The summed E-state index contributed by atoms with van der Waals surface area (Å²) in [5.41, 5.74) is 5.39. The summed E-state index contributed by atoms with van der Waals surface area (Å²) in [5, 5.41) is 1.18. The van der Waals surface area contributed by atoms with Gasteiger partial charge in [-0.3, -0.25) is 4.79 Å². The first-order chi connectivity index (χ1) is 16.2. The Morgan fingerprint density at radius 3 is 2.67 bits per heavy atom. The minimum atomic E-state index is -0.367. The predicted molar refractivity (Wildman–Crippen MR) is 129 cm³/mol. The molecule has 1 N–H and O–H groups in total. The second-order valence-electron chi connectivity index (χ2n) is 8.02. The highest BCUT2D eigenvalue weighted by Crippen LogP contribution is 2.44. The van der Waals surface area contributed by atoms with E-state index in [1.165, 1.54) is 10.9 Å². The number of aromatic nitrogens is 1. The largest absolute Gasteiger partial charge is 0.493 e. The molecule has 1 aliphatic heterocycles. The fourth-order valence-electron chi connectivity index (χ4n) is 4.82. The predicted octanol–water partition coefficient (Wildman–Crippen LogP) is 4.95. The molecule has 1 aromatic heterocycles. The maximum absolute atomic E-state index is 13.8. The maximum Gasteiger partial charge on any atom is 0.254 e. The summed E-state index contributed by atoms with van der Waals surface area (Å²) >= 11 is 0. The summed E-state index contributed by atoms with van der Waals surface area (Å²) in [4.78, 5) is 19.3. The molecule has 33 heavy (non-hydrogen) atoms. The normalized spacial score (nSPS) is 15.1. The summed E-state index contributed by atoms with van der Waals surface area (Å²) in [6.45, 7) is 0.568. The van der Waals surface area contributed by atoms with Crippen LogP contribution in [0.3, 0.4) is 0 Å². The third-order valence-corrected chi connectivity index (χ3v) is 6.30. The molecule has 0 radical (unpaired) electrons. The number of amides is 1. The van der Waals surface area contributed by atoms with Gasteiger partial charge in [-0.2, -0.15) is 0 Å². The van der Waals surface area contributed by atoms with Crippen LogP contribution in [0.25, 0.3) is 10.9 Å². The fraction of sp³-hybridized carbons (Fsp3) is 0.179. The Labute approximate surface area is 192 Å². The Balaban J connectivity index is 1.71. The second kappa shape index (κ2) is 8.40. The number of carbonyl (C=O) groups is 1. The van der Waals surface area contributed by atoms with Gasteiger partial charge in [0.25, 0.3) is 5.91 Å². The number of carbonyl (C=O) groups excluding carboxylic acids is 1. The molecule has 0 fully saturated rings. The van der Waals surface area contributed by atoms with Gasteiger partial charge in [-0.1, -0.05) is 42.3 Å². The number of H-pyrrole nitrogens is 1. The van der Waals surface area contributed by atoms with Crippen LogP contribution in [0.2, 0.25) is 0 Å². The molecule has 5 rings (SSSR count). The summed E-state index contributed by atoms with van der Waals surface area (Å²) in [5.74, 6) is 3.79. The summed E-state index contributed by atoms with van der Waals surface area (Å²) in [7, 11) is 3.24. The first-order valence-corrected chi connectivity index (χ1v) is 10.8. The van der Waals surface area contributed by atoms with E-state index in [9.17, 15) is 4.79 Å². The standard InChI is InChI=1S/C28H24N2O3/c1-4-18-9-7-10-19(17-18)28(31)30-16-15-21-20-11-5-6-13-23(20)29-25(21)26(30)22-12-8-14-24(32-2)27(22)33-3/h1,5-14,17,26,29H,15-16H2,2-3H3. The van der Waals surface area contributed by atoms with Crippen molar-refractivity contribution in [3.8, 4) is 23.8 Å². The number of benzene rings is 3. The number of nitrogens with zero attached hydrogens (tertiary/aromatic N) is 1. The van der Waals surface area contributed by atoms with Crippen molar-refractivity contribution in [2.24, 2.45) is 0 Å². The molecule has 164 valence electrons. The van der Waals surface area contributed by atoms with E-state index in [0.29, 0.717) is 29.2 Å². The molecule has 0 spiro atoms. The molecule has 4 aromatic rings. The Kier molecular flexibility index (Phi) is 5.27. The highest BCUT2D eigenvalue weighted by Gasteiger charge is 2.37. The van der Waals surface area contributed by atoms with Crippen molar-refractivity contribution in [2.75, 3.05) is 20.8 Å². The molecule has 0 saturated carbocycles. The van der Waals surface area contributed by atoms with E-state index >= 15 is 0 Å². The Morgan fingerprint density at radius 2 is 1.88 bits per heavy atom. The highest BCUT2D eigenvalue weighted by molar-refractivity contribution is 5.96. The topological polar surface area (TPSA) is 54.6 Å². The number of terminal acetylenes is 1. The molecule has 0 bridgehead atoms. The second-order valence-corrected chi connectivity index (χ2v) is 8.02. The number of para-hydroxylation sites is 2. The zero-order valence-electron chi connectivity index (χ0n) is 18.6. The summed E-state index contributed by atoms with van der Waals surface area (Å²) in [6, 6.07) is 20.9. The molecule has 0 aliphatic carbocycles. The van der Waals surface area contributed by atoms with Gasteiger partial charge in [-0.25, -0.2) is 0 Å². The molecule has 3 aromatic carbocycles. The van der Waals surface area contributed by atoms with Crippen LogP contribution in [0.15, 0.2) is 66.7 Å². The SMILES string of the molecule is C#Cc1cccc(C(=O)N2CCc3c([nH]c4ccccc34)C2c2cccc(OC)c2OC)c1. The molecule has 1 atom stereocenters. The quantitative estimate of drug-likeness (QED) is 0.461. The molecule has 1 amide bonds. The van der Waals surface area contributed by atoms with E-state index in [2.05, 4.69) is 23.0 Å². The van der Waals surface area contributed by atoms with E-state index in [0.717, 1.165) is 23.2 Å². The number of hydrogen-bond acceptors (Lipinski definition) is 3. The van der Waals surface area contributed by atoms with Crippen LogP contribution in [0, 0.1) is 12.3 Å². The van der Waals surface area contributed by atoms with Crippen molar-refractivity contribution in [1.82, 2.24) is 9.88 Å². The first-order valence-electron chi connectivity index (χ1n) is 10.8. The van der Waals surface area contributed by atoms with Crippen LogP contribution in [-0.4, -0.2) is 36.6 Å². The van der Waals surface area contributed by atoms with Gasteiger partial charge in [0, 0.05) is 39.8 Å². The molecule has 2 heterocycles. The van der Waals surface area contributed by atoms with E-state index in [4.69, 9.17) is 15.9 Å². The average Bonchev–Trinajstić information content (AvgIpc) is 3.26. The number of nitrogens with one attached hydrogen (secondary N) is 1. The van der Waals surface area contributed by atoms with Gasteiger partial charge in [-0.05, 0) is 42.3 Å². The van der Waals surface area contributed by atoms with E-state index in [-0.39, 0.29) is 11.9 Å². The Hall–Kier alpha value is -4.17. The van der Waals surface area contributed by atoms with E-state index < -0.39 is 0 Å². The zero-order chi connectivity index (χ0) is 22.9. The zero-order valence-corrected chi connectivity index (χ0v) is 18.6. The van der Waals surface area contributed by atoms with Gasteiger partial charge >= 0.3 is 0 Å². The number of methoxy groups -OCH3 is 2. The molecular formula is C28H24N2O3. The molecule has 5 heteroatoms. The third-order valence-electron chi connectivity index (χ3n) is 6.30. The molecule has 1 unspecified atom stereocenters. The smallest absolute Gasteiger partial charge is 0.254 e. The van der Waals surface area contributed by atoms with Crippen LogP contribution in [0.5, 0.6) is 11.5 Å². The Bertz CT molecular complexity index is 1400. The molecule has 5 nitrogen and oxygen atoms in total. The highest BCUT2D eigenvalue weighted by atomic mass is 16.5. The van der Waals surface area contributed by atoms with Crippen LogP contribution >= 0.6 is 0 Å².